The third-order valence-electron chi connectivity index (χ3n) is 2.73. The molecule has 0 spiro atoms. The number of ketones is 1. The van der Waals surface area contributed by atoms with Gasteiger partial charge in [0.05, 0.1) is 11.1 Å². The van der Waals surface area contributed by atoms with Crippen molar-refractivity contribution in [3.05, 3.63) is 58.6 Å². The van der Waals surface area contributed by atoms with Crippen LogP contribution in [0.1, 0.15) is 34.1 Å². The molecule has 0 saturated carbocycles. The lowest BCUT2D eigenvalue weighted by molar-refractivity contribution is 0.0731. The SMILES string of the molecule is CCC(=O)c1ccc(F)cc1OC(=O)c1ccc(Cl)nc1. The van der Waals surface area contributed by atoms with E-state index < -0.39 is 11.8 Å². The van der Waals surface area contributed by atoms with E-state index >= 15 is 0 Å². The number of hydrogen-bond acceptors (Lipinski definition) is 4. The van der Waals surface area contributed by atoms with Crippen molar-refractivity contribution in [3.8, 4) is 5.75 Å². The Labute approximate surface area is 125 Å². The molecule has 2 aromatic rings. The van der Waals surface area contributed by atoms with Crippen LogP contribution in [0.2, 0.25) is 5.15 Å². The zero-order valence-corrected chi connectivity index (χ0v) is 11.9. The second-order valence-corrected chi connectivity index (χ2v) is 4.56. The number of hydrogen-bond donors (Lipinski definition) is 0. The maximum atomic E-state index is 13.3. The van der Waals surface area contributed by atoms with Gasteiger partial charge in [0.15, 0.2) is 5.78 Å². The Morgan fingerprint density at radius 3 is 2.67 bits per heavy atom. The van der Waals surface area contributed by atoms with Gasteiger partial charge in [-0.15, -0.1) is 0 Å². The van der Waals surface area contributed by atoms with Gasteiger partial charge in [-0.25, -0.2) is 14.2 Å². The van der Waals surface area contributed by atoms with Gasteiger partial charge in [0, 0.05) is 18.7 Å². The molecule has 1 aromatic heterocycles. The highest BCUT2D eigenvalue weighted by atomic mass is 35.5. The monoisotopic (exact) mass is 307 g/mol. The molecule has 21 heavy (non-hydrogen) atoms. The molecule has 0 fully saturated rings. The third kappa shape index (κ3) is 3.64. The van der Waals surface area contributed by atoms with Gasteiger partial charge in [0.1, 0.15) is 16.7 Å². The number of rotatable bonds is 4. The molecule has 0 aliphatic heterocycles. The van der Waals surface area contributed by atoms with Crippen LogP contribution < -0.4 is 4.74 Å². The Bertz CT molecular complexity index is 686. The lowest BCUT2D eigenvalue weighted by Crippen LogP contribution is -2.12. The van der Waals surface area contributed by atoms with Crippen molar-refractivity contribution in [1.82, 2.24) is 4.98 Å². The zero-order valence-electron chi connectivity index (χ0n) is 11.1. The Balaban J connectivity index is 2.30. The fraction of sp³-hybridized carbons (Fsp3) is 0.133. The first-order chi connectivity index (χ1) is 10.0. The standard InChI is InChI=1S/C15H11ClFNO3/c1-2-12(19)11-5-4-10(17)7-13(11)21-15(20)9-3-6-14(16)18-8-9/h3-8H,2H2,1H3. The van der Waals surface area contributed by atoms with E-state index in [1.165, 1.54) is 24.4 Å². The summed E-state index contributed by atoms with van der Waals surface area (Å²) in [5.41, 5.74) is 0.313. The Kier molecular flexibility index (Phi) is 4.65. The summed E-state index contributed by atoms with van der Waals surface area (Å²) in [6, 6.07) is 6.30. The van der Waals surface area contributed by atoms with Crippen LogP contribution in [-0.4, -0.2) is 16.7 Å². The first-order valence-corrected chi connectivity index (χ1v) is 6.55. The van der Waals surface area contributed by atoms with Crippen LogP contribution in [0, 0.1) is 5.82 Å². The van der Waals surface area contributed by atoms with E-state index in [0.29, 0.717) is 0 Å². The van der Waals surface area contributed by atoms with Gasteiger partial charge in [-0.3, -0.25) is 4.79 Å². The van der Waals surface area contributed by atoms with E-state index in [1.54, 1.807) is 6.92 Å². The minimum Gasteiger partial charge on any atom is -0.422 e. The van der Waals surface area contributed by atoms with Gasteiger partial charge in [-0.2, -0.15) is 0 Å². The number of Topliss-reactive ketones (excluding diaryl/α,β-unsaturated/α-hetero) is 1. The Morgan fingerprint density at radius 2 is 2.05 bits per heavy atom. The van der Waals surface area contributed by atoms with E-state index in [1.807, 2.05) is 0 Å². The predicted molar refractivity (Wildman–Crippen MR) is 75.2 cm³/mol. The van der Waals surface area contributed by atoms with Crippen molar-refractivity contribution >= 4 is 23.4 Å². The molecule has 0 aliphatic rings. The molecule has 0 N–H and O–H groups in total. The first kappa shape index (κ1) is 15.1. The number of nitrogens with zero attached hydrogens (tertiary/aromatic N) is 1. The average molecular weight is 308 g/mol. The van der Waals surface area contributed by atoms with Crippen LogP contribution in [-0.2, 0) is 0 Å². The minimum atomic E-state index is -0.741. The summed E-state index contributed by atoms with van der Waals surface area (Å²) >= 11 is 5.63. The number of benzene rings is 1. The molecule has 6 heteroatoms. The summed E-state index contributed by atoms with van der Waals surface area (Å²) in [6.07, 6.45) is 1.46. The summed E-state index contributed by atoms with van der Waals surface area (Å²) in [6.45, 7) is 1.67. The summed E-state index contributed by atoms with van der Waals surface area (Å²) < 4.78 is 18.4. The molecule has 108 valence electrons. The molecular formula is C15H11ClFNO3. The molecular weight excluding hydrogens is 297 g/mol. The lowest BCUT2D eigenvalue weighted by Gasteiger charge is -2.09. The van der Waals surface area contributed by atoms with Crippen molar-refractivity contribution in [1.29, 1.82) is 0 Å². The summed E-state index contributed by atoms with van der Waals surface area (Å²) in [5, 5.41) is 0.235. The summed E-state index contributed by atoms with van der Waals surface area (Å²) in [7, 11) is 0. The average Bonchev–Trinajstić information content (AvgIpc) is 2.47. The van der Waals surface area contributed by atoms with Crippen molar-refractivity contribution in [2.24, 2.45) is 0 Å². The van der Waals surface area contributed by atoms with Gasteiger partial charge >= 0.3 is 5.97 Å². The molecule has 2 rings (SSSR count). The Hall–Kier alpha value is -2.27. The quantitative estimate of drug-likeness (QED) is 0.374. The number of aromatic nitrogens is 1. The van der Waals surface area contributed by atoms with E-state index in [2.05, 4.69) is 4.98 Å². The maximum absolute atomic E-state index is 13.3. The maximum Gasteiger partial charge on any atom is 0.345 e. The van der Waals surface area contributed by atoms with Crippen molar-refractivity contribution in [2.75, 3.05) is 0 Å². The second kappa shape index (κ2) is 6.45. The van der Waals surface area contributed by atoms with E-state index in [0.717, 1.165) is 12.1 Å². The fourth-order valence-electron chi connectivity index (χ4n) is 1.66. The molecule has 0 atom stereocenters. The number of pyridine rings is 1. The molecule has 0 amide bonds. The summed E-state index contributed by atoms with van der Waals surface area (Å²) in [5.74, 6) is -1.69. The number of halogens is 2. The van der Waals surface area contributed by atoms with Crippen molar-refractivity contribution in [3.63, 3.8) is 0 Å². The van der Waals surface area contributed by atoms with Crippen LogP contribution >= 0.6 is 11.6 Å². The zero-order chi connectivity index (χ0) is 15.4. The van der Waals surface area contributed by atoms with Crippen molar-refractivity contribution in [2.45, 2.75) is 13.3 Å². The molecule has 1 heterocycles. The molecule has 0 unspecified atom stereocenters. The van der Waals surface area contributed by atoms with E-state index in [4.69, 9.17) is 16.3 Å². The van der Waals surface area contributed by atoms with Crippen LogP contribution in [0.3, 0.4) is 0 Å². The van der Waals surface area contributed by atoms with Gasteiger partial charge < -0.3 is 4.74 Å². The molecule has 0 aliphatic carbocycles. The number of carbonyl (C=O) groups excluding carboxylic acids is 2. The molecule has 0 bridgehead atoms. The lowest BCUT2D eigenvalue weighted by atomic mass is 10.1. The molecule has 0 radical (unpaired) electrons. The third-order valence-corrected chi connectivity index (χ3v) is 2.95. The number of ether oxygens (including phenoxy) is 1. The number of carbonyl (C=O) groups is 2. The van der Waals surface area contributed by atoms with Crippen molar-refractivity contribution < 1.29 is 18.7 Å². The molecule has 4 nitrogen and oxygen atoms in total. The highest BCUT2D eigenvalue weighted by Gasteiger charge is 2.16. The largest absolute Gasteiger partial charge is 0.422 e. The normalized spacial score (nSPS) is 10.2. The van der Waals surface area contributed by atoms with Crippen LogP contribution in [0.25, 0.3) is 0 Å². The predicted octanol–water partition coefficient (Wildman–Crippen LogP) is 3.69. The molecule has 0 saturated heterocycles. The second-order valence-electron chi connectivity index (χ2n) is 4.18. The topological polar surface area (TPSA) is 56.3 Å². The highest BCUT2D eigenvalue weighted by molar-refractivity contribution is 6.29. The fourth-order valence-corrected chi connectivity index (χ4v) is 1.77. The summed E-state index contributed by atoms with van der Waals surface area (Å²) in [4.78, 5) is 27.5. The van der Waals surface area contributed by atoms with Gasteiger partial charge in [-0.05, 0) is 24.3 Å². The van der Waals surface area contributed by atoms with Gasteiger partial charge in [-0.1, -0.05) is 18.5 Å². The van der Waals surface area contributed by atoms with E-state index in [9.17, 15) is 14.0 Å². The van der Waals surface area contributed by atoms with Crippen LogP contribution in [0.5, 0.6) is 5.75 Å². The smallest absolute Gasteiger partial charge is 0.345 e. The van der Waals surface area contributed by atoms with Crippen LogP contribution in [0.4, 0.5) is 4.39 Å². The first-order valence-electron chi connectivity index (χ1n) is 6.17. The van der Waals surface area contributed by atoms with Gasteiger partial charge in [0.25, 0.3) is 0 Å². The minimum absolute atomic E-state index is 0.109. The number of esters is 1. The van der Waals surface area contributed by atoms with Gasteiger partial charge in [0.2, 0.25) is 0 Å². The van der Waals surface area contributed by atoms with E-state index in [-0.39, 0.29) is 34.2 Å². The Morgan fingerprint density at radius 1 is 1.29 bits per heavy atom. The van der Waals surface area contributed by atoms with Crippen LogP contribution in [0.15, 0.2) is 36.5 Å². The molecule has 1 aromatic carbocycles. The highest BCUT2D eigenvalue weighted by Crippen LogP contribution is 2.23.